The molecule has 0 amide bonds. The highest BCUT2D eigenvalue weighted by Gasteiger charge is 2.16. The second kappa shape index (κ2) is 7.28. The molecule has 0 radical (unpaired) electrons. The van der Waals surface area contributed by atoms with Crippen LogP contribution >= 0.6 is 11.6 Å². The first-order chi connectivity index (χ1) is 10.1. The average molecular weight is 303 g/mol. The van der Waals surface area contributed by atoms with Gasteiger partial charge in [-0.1, -0.05) is 42.8 Å². The van der Waals surface area contributed by atoms with E-state index in [0.717, 1.165) is 12.0 Å². The van der Waals surface area contributed by atoms with Gasteiger partial charge in [0.2, 0.25) is 0 Å². The summed E-state index contributed by atoms with van der Waals surface area (Å²) in [7, 11) is 1.60. The molecule has 0 spiro atoms. The standard InChI is InChI=1S/C18H19ClO2/c1-3-13(14-7-9-16(19)10-8-14)12-18(20)15-5-4-6-17(11-15)21-2/h4-11,13H,3,12H2,1-2H3/t13-/m1/s1. The number of ether oxygens (including phenoxy) is 1. The van der Waals surface area contributed by atoms with Crippen LogP contribution in [-0.4, -0.2) is 12.9 Å². The van der Waals surface area contributed by atoms with E-state index in [9.17, 15) is 4.79 Å². The van der Waals surface area contributed by atoms with Crippen molar-refractivity contribution in [2.75, 3.05) is 7.11 Å². The predicted molar refractivity (Wildman–Crippen MR) is 86.4 cm³/mol. The highest BCUT2D eigenvalue weighted by molar-refractivity contribution is 6.30. The first kappa shape index (κ1) is 15.6. The summed E-state index contributed by atoms with van der Waals surface area (Å²) in [5, 5.41) is 0.715. The zero-order valence-electron chi connectivity index (χ0n) is 12.3. The van der Waals surface area contributed by atoms with Crippen molar-refractivity contribution >= 4 is 17.4 Å². The molecule has 0 aliphatic rings. The van der Waals surface area contributed by atoms with Crippen molar-refractivity contribution in [3.63, 3.8) is 0 Å². The fraction of sp³-hybridized carbons (Fsp3) is 0.278. The zero-order chi connectivity index (χ0) is 15.2. The molecular weight excluding hydrogens is 284 g/mol. The van der Waals surface area contributed by atoms with Gasteiger partial charge in [0.25, 0.3) is 0 Å². The minimum Gasteiger partial charge on any atom is -0.497 e. The molecule has 21 heavy (non-hydrogen) atoms. The fourth-order valence-electron chi connectivity index (χ4n) is 2.37. The minimum atomic E-state index is 0.135. The maximum atomic E-state index is 12.4. The van der Waals surface area contributed by atoms with Gasteiger partial charge in [-0.2, -0.15) is 0 Å². The number of carbonyl (C=O) groups is 1. The molecule has 0 fully saturated rings. The van der Waals surface area contributed by atoms with Gasteiger partial charge in [0.15, 0.2) is 5.78 Å². The Morgan fingerprint density at radius 2 is 1.90 bits per heavy atom. The molecule has 0 aliphatic carbocycles. The molecular formula is C18H19ClO2. The minimum absolute atomic E-state index is 0.135. The molecule has 0 saturated carbocycles. The van der Waals surface area contributed by atoms with E-state index >= 15 is 0 Å². The van der Waals surface area contributed by atoms with Gasteiger partial charge in [0.1, 0.15) is 5.75 Å². The van der Waals surface area contributed by atoms with Gasteiger partial charge in [-0.25, -0.2) is 0 Å². The molecule has 2 aromatic rings. The van der Waals surface area contributed by atoms with Crippen molar-refractivity contribution in [3.8, 4) is 5.75 Å². The van der Waals surface area contributed by atoms with Crippen LogP contribution in [0.3, 0.4) is 0 Å². The van der Waals surface area contributed by atoms with Crippen LogP contribution in [0.1, 0.15) is 41.6 Å². The van der Waals surface area contributed by atoms with Gasteiger partial charge in [-0.3, -0.25) is 4.79 Å². The predicted octanol–water partition coefficient (Wildman–Crippen LogP) is 5.12. The lowest BCUT2D eigenvalue weighted by molar-refractivity contribution is 0.0972. The number of Topliss-reactive ketones (excluding diaryl/α,β-unsaturated/α-hetero) is 1. The Balaban J connectivity index is 2.14. The highest BCUT2D eigenvalue weighted by atomic mass is 35.5. The molecule has 3 heteroatoms. The lowest BCUT2D eigenvalue weighted by atomic mass is 9.89. The molecule has 2 aromatic carbocycles. The van der Waals surface area contributed by atoms with Crippen LogP contribution in [0.25, 0.3) is 0 Å². The molecule has 2 rings (SSSR count). The van der Waals surface area contributed by atoms with E-state index in [-0.39, 0.29) is 11.7 Å². The van der Waals surface area contributed by atoms with Crippen LogP contribution in [-0.2, 0) is 0 Å². The Labute approximate surface area is 130 Å². The van der Waals surface area contributed by atoms with Gasteiger partial charge < -0.3 is 4.74 Å². The molecule has 0 unspecified atom stereocenters. The van der Waals surface area contributed by atoms with Gasteiger partial charge in [-0.15, -0.1) is 0 Å². The second-order valence-electron chi connectivity index (χ2n) is 5.02. The third kappa shape index (κ3) is 4.08. The van der Waals surface area contributed by atoms with Crippen LogP contribution in [0.15, 0.2) is 48.5 Å². The first-order valence-electron chi connectivity index (χ1n) is 7.06. The number of hydrogen-bond donors (Lipinski definition) is 0. The van der Waals surface area contributed by atoms with Crippen molar-refractivity contribution in [2.24, 2.45) is 0 Å². The van der Waals surface area contributed by atoms with Crippen LogP contribution in [0.2, 0.25) is 5.02 Å². The van der Waals surface area contributed by atoms with Crippen molar-refractivity contribution in [1.82, 2.24) is 0 Å². The van der Waals surface area contributed by atoms with E-state index in [4.69, 9.17) is 16.3 Å². The van der Waals surface area contributed by atoms with Crippen molar-refractivity contribution < 1.29 is 9.53 Å². The van der Waals surface area contributed by atoms with E-state index in [2.05, 4.69) is 6.92 Å². The topological polar surface area (TPSA) is 26.3 Å². The first-order valence-corrected chi connectivity index (χ1v) is 7.44. The Morgan fingerprint density at radius 1 is 1.19 bits per heavy atom. The number of methoxy groups -OCH3 is 1. The maximum absolute atomic E-state index is 12.4. The van der Waals surface area contributed by atoms with E-state index in [1.54, 1.807) is 13.2 Å². The number of halogens is 1. The van der Waals surface area contributed by atoms with E-state index in [1.165, 1.54) is 0 Å². The van der Waals surface area contributed by atoms with Crippen LogP contribution in [0, 0.1) is 0 Å². The zero-order valence-corrected chi connectivity index (χ0v) is 13.1. The molecule has 2 nitrogen and oxygen atoms in total. The van der Waals surface area contributed by atoms with Gasteiger partial charge in [-0.05, 0) is 42.2 Å². The summed E-state index contributed by atoms with van der Waals surface area (Å²) >= 11 is 5.91. The average Bonchev–Trinajstić information content (AvgIpc) is 2.53. The molecule has 110 valence electrons. The van der Waals surface area contributed by atoms with E-state index < -0.39 is 0 Å². The SMILES string of the molecule is CC[C@H](CC(=O)c1cccc(OC)c1)c1ccc(Cl)cc1. The number of carbonyl (C=O) groups excluding carboxylic acids is 1. The number of ketones is 1. The molecule has 1 atom stereocenters. The number of benzene rings is 2. The summed E-state index contributed by atoms with van der Waals surface area (Å²) in [6.45, 7) is 2.10. The lowest BCUT2D eigenvalue weighted by Crippen LogP contribution is -2.07. The van der Waals surface area contributed by atoms with Crippen molar-refractivity contribution in [2.45, 2.75) is 25.7 Å². The van der Waals surface area contributed by atoms with Crippen LogP contribution < -0.4 is 4.74 Å². The lowest BCUT2D eigenvalue weighted by Gasteiger charge is -2.15. The number of rotatable bonds is 6. The van der Waals surface area contributed by atoms with Gasteiger partial charge in [0.05, 0.1) is 7.11 Å². The van der Waals surface area contributed by atoms with Crippen molar-refractivity contribution in [3.05, 3.63) is 64.7 Å². The molecule has 0 bridgehead atoms. The summed E-state index contributed by atoms with van der Waals surface area (Å²) in [5.74, 6) is 1.05. The third-order valence-corrected chi connectivity index (χ3v) is 3.91. The summed E-state index contributed by atoms with van der Waals surface area (Å²) in [5.41, 5.74) is 1.85. The van der Waals surface area contributed by atoms with E-state index in [0.29, 0.717) is 22.8 Å². The maximum Gasteiger partial charge on any atom is 0.163 e. The van der Waals surface area contributed by atoms with Gasteiger partial charge >= 0.3 is 0 Å². The Kier molecular flexibility index (Phi) is 5.40. The smallest absolute Gasteiger partial charge is 0.163 e. The van der Waals surface area contributed by atoms with E-state index in [1.807, 2.05) is 42.5 Å². The Hall–Kier alpha value is -1.80. The normalized spacial score (nSPS) is 12.0. The molecule has 0 aliphatic heterocycles. The fourth-order valence-corrected chi connectivity index (χ4v) is 2.50. The van der Waals surface area contributed by atoms with Crippen molar-refractivity contribution in [1.29, 1.82) is 0 Å². The molecule has 0 N–H and O–H groups in total. The molecule has 0 saturated heterocycles. The Bertz CT molecular complexity index is 605. The third-order valence-electron chi connectivity index (χ3n) is 3.66. The Morgan fingerprint density at radius 3 is 2.52 bits per heavy atom. The summed E-state index contributed by atoms with van der Waals surface area (Å²) in [4.78, 5) is 12.4. The molecule has 0 heterocycles. The monoisotopic (exact) mass is 302 g/mol. The molecule has 0 aromatic heterocycles. The summed E-state index contributed by atoms with van der Waals surface area (Å²) in [6.07, 6.45) is 1.41. The van der Waals surface area contributed by atoms with Crippen LogP contribution in [0.4, 0.5) is 0 Å². The summed E-state index contributed by atoms with van der Waals surface area (Å²) < 4.78 is 5.17. The van der Waals surface area contributed by atoms with Gasteiger partial charge in [0, 0.05) is 17.0 Å². The second-order valence-corrected chi connectivity index (χ2v) is 5.45. The highest BCUT2D eigenvalue weighted by Crippen LogP contribution is 2.27. The summed E-state index contributed by atoms with van der Waals surface area (Å²) in [6, 6.07) is 15.0. The quantitative estimate of drug-likeness (QED) is 0.693. The number of hydrogen-bond acceptors (Lipinski definition) is 2. The largest absolute Gasteiger partial charge is 0.497 e. The van der Waals surface area contributed by atoms with Crippen LogP contribution in [0.5, 0.6) is 5.75 Å².